The summed E-state index contributed by atoms with van der Waals surface area (Å²) in [6.45, 7) is 0.362. The number of urea groups is 1. The molecule has 0 radical (unpaired) electrons. The van der Waals surface area contributed by atoms with Crippen molar-refractivity contribution < 1.29 is 14.0 Å². The summed E-state index contributed by atoms with van der Waals surface area (Å²) in [6, 6.07) is 5.51. The van der Waals surface area contributed by atoms with Crippen molar-refractivity contribution in [1.29, 1.82) is 0 Å². The van der Waals surface area contributed by atoms with E-state index in [0.29, 0.717) is 19.4 Å². The highest BCUT2D eigenvalue weighted by molar-refractivity contribution is 7.80. The molecule has 0 aromatic heterocycles. The topological polar surface area (TPSA) is 73.5 Å². The van der Waals surface area contributed by atoms with Gasteiger partial charge in [-0.3, -0.25) is 10.2 Å². The Morgan fingerprint density at radius 2 is 1.88 bits per heavy atom. The number of benzene rings is 1. The predicted octanol–water partition coefficient (Wildman–Crippen LogP) is 1.96. The maximum atomic E-state index is 12.9. The molecule has 3 amide bonds. The minimum Gasteiger partial charge on any atom is -0.357 e. The van der Waals surface area contributed by atoms with Crippen LogP contribution < -0.4 is 16.1 Å². The first kappa shape index (κ1) is 16.6. The summed E-state index contributed by atoms with van der Waals surface area (Å²) in [5.41, 5.74) is 2.70. The van der Waals surface area contributed by atoms with Crippen LogP contribution in [-0.2, 0) is 11.3 Å². The third kappa shape index (κ3) is 3.33. The minimum absolute atomic E-state index is 0.163. The number of hydrogen-bond acceptors (Lipinski definition) is 3. The van der Waals surface area contributed by atoms with Crippen LogP contribution in [0.3, 0.4) is 0 Å². The Bertz CT molecular complexity index is 659. The van der Waals surface area contributed by atoms with Gasteiger partial charge in [0.25, 0.3) is 5.91 Å². The highest BCUT2D eigenvalue weighted by Gasteiger charge is 2.51. The van der Waals surface area contributed by atoms with E-state index in [9.17, 15) is 14.0 Å². The van der Waals surface area contributed by atoms with Crippen LogP contribution in [0, 0.1) is 5.82 Å². The lowest BCUT2D eigenvalue weighted by Crippen LogP contribution is -2.52. The molecule has 1 heterocycles. The van der Waals surface area contributed by atoms with Gasteiger partial charge >= 0.3 is 6.03 Å². The van der Waals surface area contributed by atoms with Crippen LogP contribution in [0.25, 0.3) is 0 Å². The quantitative estimate of drug-likeness (QED) is 0.574. The van der Waals surface area contributed by atoms with E-state index in [-0.39, 0.29) is 16.8 Å². The van der Waals surface area contributed by atoms with Crippen molar-refractivity contribution in [2.75, 3.05) is 0 Å². The van der Waals surface area contributed by atoms with Gasteiger partial charge in [0.05, 0.1) is 0 Å². The van der Waals surface area contributed by atoms with Gasteiger partial charge in [0.15, 0.2) is 5.11 Å². The van der Waals surface area contributed by atoms with Crippen LogP contribution >= 0.6 is 12.2 Å². The molecule has 0 unspecified atom stereocenters. The van der Waals surface area contributed by atoms with Crippen molar-refractivity contribution in [2.24, 2.45) is 0 Å². The average molecular weight is 350 g/mol. The molecule has 6 nitrogen and oxygen atoms in total. The molecule has 1 aliphatic heterocycles. The Balaban J connectivity index is 1.56. The number of nitrogens with zero attached hydrogens (tertiary/aromatic N) is 1. The summed E-state index contributed by atoms with van der Waals surface area (Å²) in [6.07, 6.45) is 4.24. The number of carbonyl (C=O) groups is 2. The van der Waals surface area contributed by atoms with Gasteiger partial charge in [-0.1, -0.05) is 31.4 Å². The maximum absolute atomic E-state index is 12.9. The molecule has 1 aromatic carbocycles. The van der Waals surface area contributed by atoms with Crippen molar-refractivity contribution >= 4 is 29.3 Å². The Morgan fingerprint density at radius 3 is 2.54 bits per heavy atom. The highest BCUT2D eigenvalue weighted by Crippen LogP contribution is 2.32. The van der Waals surface area contributed by atoms with Gasteiger partial charge in [0, 0.05) is 6.54 Å². The number of hydrogen-bond donors (Lipinski definition) is 3. The van der Waals surface area contributed by atoms with E-state index in [4.69, 9.17) is 12.2 Å². The number of rotatable bonds is 3. The molecular formula is C16H19FN4O2S. The zero-order valence-corrected chi connectivity index (χ0v) is 13.9. The lowest BCUT2D eigenvalue weighted by molar-refractivity contribution is -0.133. The van der Waals surface area contributed by atoms with E-state index in [1.165, 1.54) is 12.1 Å². The predicted molar refractivity (Wildman–Crippen MR) is 90.2 cm³/mol. The lowest BCUT2D eigenvalue weighted by atomic mass is 9.82. The molecule has 8 heteroatoms. The molecule has 1 saturated carbocycles. The summed E-state index contributed by atoms with van der Waals surface area (Å²) < 4.78 is 12.9. The average Bonchev–Trinajstić information content (AvgIpc) is 2.79. The van der Waals surface area contributed by atoms with Crippen LogP contribution in [0.5, 0.6) is 0 Å². The van der Waals surface area contributed by atoms with Gasteiger partial charge in [-0.15, -0.1) is 0 Å². The van der Waals surface area contributed by atoms with E-state index in [0.717, 1.165) is 29.8 Å². The van der Waals surface area contributed by atoms with E-state index in [1.807, 2.05) is 0 Å². The first-order valence-corrected chi connectivity index (χ1v) is 8.37. The first-order chi connectivity index (χ1) is 11.5. The Kier molecular flexibility index (Phi) is 4.66. The Hall–Kier alpha value is -2.22. The molecule has 3 N–H and O–H groups in total. The molecular weight excluding hydrogens is 331 g/mol. The summed E-state index contributed by atoms with van der Waals surface area (Å²) in [7, 11) is 0. The van der Waals surface area contributed by atoms with E-state index < -0.39 is 11.6 Å². The van der Waals surface area contributed by atoms with Gasteiger partial charge in [-0.05, 0) is 42.8 Å². The van der Waals surface area contributed by atoms with E-state index in [2.05, 4.69) is 16.1 Å². The monoisotopic (exact) mass is 350 g/mol. The second-order valence-electron chi connectivity index (χ2n) is 6.13. The Labute approximate surface area is 144 Å². The zero-order chi connectivity index (χ0) is 17.2. The third-order valence-electron chi connectivity index (χ3n) is 4.45. The van der Waals surface area contributed by atoms with Crippen LogP contribution in [0.2, 0.25) is 0 Å². The minimum atomic E-state index is -0.783. The fourth-order valence-electron chi connectivity index (χ4n) is 3.14. The number of nitrogens with one attached hydrogen (secondary N) is 3. The molecule has 1 spiro atoms. The van der Waals surface area contributed by atoms with Crippen LogP contribution in [0.4, 0.5) is 9.18 Å². The van der Waals surface area contributed by atoms with Crippen LogP contribution in [-0.4, -0.2) is 27.6 Å². The van der Waals surface area contributed by atoms with Gasteiger partial charge in [0.2, 0.25) is 0 Å². The number of imide groups is 1. The van der Waals surface area contributed by atoms with Crippen LogP contribution in [0.1, 0.15) is 37.7 Å². The largest absolute Gasteiger partial charge is 0.357 e. The standard InChI is InChI=1S/C16H19FN4O2S/c17-12-6-4-11(5-7-12)10-18-14(24)20-21-13(22)16(19-15(21)23)8-2-1-3-9-16/h4-7H,1-3,8-10H2,(H,19,23)(H2,18,20,24). The lowest BCUT2D eigenvalue weighted by Gasteiger charge is -2.30. The molecule has 1 aliphatic carbocycles. The highest BCUT2D eigenvalue weighted by atomic mass is 32.1. The fourth-order valence-corrected chi connectivity index (χ4v) is 3.31. The van der Waals surface area contributed by atoms with Crippen molar-refractivity contribution in [3.63, 3.8) is 0 Å². The van der Waals surface area contributed by atoms with E-state index >= 15 is 0 Å². The molecule has 0 bridgehead atoms. The first-order valence-electron chi connectivity index (χ1n) is 7.96. The molecule has 2 aliphatic rings. The second kappa shape index (κ2) is 6.72. The SMILES string of the molecule is O=C1NC2(CCCCC2)C(=O)N1NC(=S)NCc1ccc(F)cc1. The zero-order valence-electron chi connectivity index (χ0n) is 13.1. The second-order valence-corrected chi connectivity index (χ2v) is 6.54. The number of carbonyl (C=O) groups excluding carboxylic acids is 2. The molecule has 3 rings (SSSR count). The third-order valence-corrected chi connectivity index (χ3v) is 4.68. The fraction of sp³-hybridized carbons (Fsp3) is 0.438. The summed E-state index contributed by atoms with van der Waals surface area (Å²) in [5, 5.41) is 6.81. The van der Waals surface area contributed by atoms with Crippen molar-refractivity contribution in [3.8, 4) is 0 Å². The molecule has 1 saturated heterocycles. The molecule has 0 atom stereocenters. The van der Waals surface area contributed by atoms with Crippen LogP contribution in [0.15, 0.2) is 24.3 Å². The maximum Gasteiger partial charge on any atom is 0.344 e. The molecule has 2 fully saturated rings. The summed E-state index contributed by atoms with van der Waals surface area (Å²) in [4.78, 5) is 24.7. The number of halogens is 1. The summed E-state index contributed by atoms with van der Waals surface area (Å²) in [5.74, 6) is -0.588. The Morgan fingerprint density at radius 1 is 1.21 bits per heavy atom. The van der Waals surface area contributed by atoms with Gasteiger partial charge in [0.1, 0.15) is 11.4 Å². The van der Waals surface area contributed by atoms with Crippen molar-refractivity contribution in [1.82, 2.24) is 21.1 Å². The summed E-state index contributed by atoms with van der Waals surface area (Å²) >= 11 is 5.14. The normalized spacial score (nSPS) is 19.3. The van der Waals surface area contributed by atoms with E-state index in [1.54, 1.807) is 12.1 Å². The molecule has 1 aromatic rings. The van der Waals surface area contributed by atoms with Gasteiger partial charge in [-0.2, -0.15) is 5.01 Å². The van der Waals surface area contributed by atoms with Gasteiger partial charge < -0.3 is 10.6 Å². The number of thiocarbonyl (C=S) groups is 1. The number of amides is 3. The number of hydrazine groups is 1. The molecule has 128 valence electrons. The van der Waals surface area contributed by atoms with Crippen molar-refractivity contribution in [2.45, 2.75) is 44.2 Å². The smallest absolute Gasteiger partial charge is 0.344 e. The van der Waals surface area contributed by atoms with Crippen molar-refractivity contribution in [3.05, 3.63) is 35.6 Å². The van der Waals surface area contributed by atoms with Gasteiger partial charge in [-0.25, -0.2) is 9.18 Å². The molecule has 24 heavy (non-hydrogen) atoms.